The highest BCUT2D eigenvalue weighted by molar-refractivity contribution is 5.88. The average Bonchev–Trinajstić information content (AvgIpc) is 2.61. The van der Waals surface area contributed by atoms with Gasteiger partial charge in [-0.25, -0.2) is 8.78 Å². The number of rotatable bonds is 6. The monoisotopic (exact) mass is 390 g/mol. The van der Waals surface area contributed by atoms with E-state index in [0.29, 0.717) is 22.4 Å². The van der Waals surface area contributed by atoms with Crippen molar-refractivity contribution < 1.29 is 28.1 Å². The number of fused-ring (bicyclic) bond motifs is 1. The average molecular weight is 390 g/mol. The van der Waals surface area contributed by atoms with Crippen molar-refractivity contribution in [3.05, 3.63) is 48.2 Å². The molecule has 0 saturated heterocycles. The molecule has 0 aliphatic heterocycles. The molecule has 1 aromatic heterocycles. The lowest BCUT2D eigenvalue weighted by Crippen LogP contribution is -2.27. The second-order valence-electron chi connectivity index (χ2n) is 6.85. The molecule has 0 saturated carbocycles. The lowest BCUT2D eigenvalue weighted by atomic mass is 10.1. The molecule has 0 fully saturated rings. The number of nitrogens with zero attached hydrogens (tertiary/aromatic N) is 1. The van der Waals surface area contributed by atoms with Crippen LogP contribution in [0.15, 0.2) is 36.5 Å². The second-order valence-corrected chi connectivity index (χ2v) is 6.85. The normalized spacial score (nSPS) is 11.5. The molecule has 0 aliphatic rings. The Hall–Kier alpha value is -3.13. The Morgan fingerprint density at radius 3 is 2.36 bits per heavy atom. The zero-order chi connectivity index (χ0) is 20.5. The summed E-state index contributed by atoms with van der Waals surface area (Å²) in [6, 6.07) is 6.62. The number of nitrogens with two attached hydrogens (primary N) is 1. The van der Waals surface area contributed by atoms with Gasteiger partial charge < -0.3 is 25.1 Å². The lowest BCUT2D eigenvalue weighted by molar-refractivity contribution is 0.0277. The van der Waals surface area contributed by atoms with Crippen LogP contribution in [0.5, 0.6) is 23.0 Å². The van der Waals surface area contributed by atoms with E-state index in [1.807, 2.05) is 0 Å². The van der Waals surface area contributed by atoms with Gasteiger partial charge in [0.05, 0.1) is 18.2 Å². The molecule has 0 aliphatic carbocycles. The third-order valence-corrected chi connectivity index (χ3v) is 3.80. The fourth-order valence-electron chi connectivity index (χ4n) is 2.53. The molecule has 6 nitrogen and oxygen atoms in total. The SMILES string of the molecule is COc1cc2c(Oc3c(F)cc(N)cc3F)ccnc2cc1OCC(C)(C)O. The van der Waals surface area contributed by atoms with Gasteiger partial charge in [0, 0.05) is 35.5 Å². The number of benzene rings is 2. The number of pyridine rings is 1. The maximum Gasteiger partial charge on any atom is 0.198 e. The van der Waals surface area contributed by atoms with E-state index in [0.717, 1.165) is 12.1 Å². The third kappa shape index (κ3) is 4.23. The van der Waals surface area contributed by atoms with Crippen LogP contribution >= 0.6 is 0 Å². The summed E-state index contributed by atoms with van der Waals surface area (Å²) in [5, 5.41) is 10.3. The lowest BCUT2D eigenvalue weighted by Gasteiger charge is -2.19. The molecule has 0 atom stereocenters. The van der Waals surface area contributed by atoms with Crippen molar-refractivity contribution >= 4 is 16.6 Å². The Bertz CT molecular complexity index is 996. The van der Waals surface area contributed by atoms with Crippen LogP contribution in [-0.4, -0.2) is 29.4 Å². The Labute approximate surface area is 160 Å². The molecule has 0 unspecified atom stereocenters. The highest BCUT2D eigenvalue weighted by Gasteiger charge is 2.19. The van der Waals surface area contributed by atoms with Gasteiger partial charge in [-0.2, -0.15) is 0 Å². The van der Waals surface area contributed by atoms with Gasteiger partial charge in [-0.3, -0.25) is 4.98 Å². The maximum atomic E-state index is 14.1. The molecule has 8 heteroatoms. The minimum atomic E-state index is -1.04. The van der Waals surface area contributed by atoms with Crippen molar-refractivity contribution in [2.24, 2.45) is 0 Å². The molecule has 0 spiro atoms. The standard InChI is InChI=1S/C20H20F2N2O4/c1-20(2,25)10-27-18-9-15-12(8-17(18)26-3)16(4-5-24-15)28-19-13(21)6-11(23)7-14(19)22/h4-9,25H,10,23H2,1-3H3. The van der Waals surface area contributed by atoms with E-state index >= 15 is 0 Å². The Morgan fingerprint density at radius 2 is 1.75 bits per heavy atom. The van der Waals surface area contributed by atoms with E-state index in [2.05, 4.69) is 4.98 Å². The number of hydrogen-bond acceptors (Lipinski definition) is 6. The van der Waals surface area contributed by atoms with Crippen molar-refractivity contribution in [1.29, 1.82) is 0 Å². The van der Waals surface area contributed by atoms with Gasteiger partial charge in [0.25, 0.3) is 0 Å². The number of halogens is 2. The second kappa shape index (κ2) is 7.47. The van der Waals surface area contributed by atoms with E-state index in [1.165, 1.54) is 19.4 Å². The first kappa shape index (κ1) is 19.6. The summed E-state index contributed by atoms with van der Waals surface area (Å²) in [4.78, 5) is 4.24. The van der Waals surface area contributed by atoms with Gasteiger partial charge in [0.15, 0.2) is 28.9 Å². The van der Waals surface area contributed by atoms with Gasteiger partial charge in [-0.15, -0.1) is 0 Å². The summed E-state index contributed by atoms with van der Waals surface area (Å²) in [7, 11) is 1.45. The van der Waals surface area contributed by atoms with E-state index < -0.39 is 23.0 Å². The van der Waals surface area contributed by atoms with Gasteiger partial charge in [0.2, 0.25) is 0 Å². The van der Waals surface area contributed by atoms with Crippen molar-refractivity contribution in [1.82, 2.24) is 4.98 Å². The van der Waals surface area contributed by atoms with Crippen LogP contribution in [0.25, 0.3) is 10.9 Å². The first-order valence-corrected chi connectivity index (χ1v) is 8.42. The highest BCUT2D eigenvalue weighted by Crippen LogP contribution is 2.38. The fourth-order valence-corrected chi connectivity index (χ4v) is 2.53. The molecule has 1 heterocycles. The highest BCUT2D eigenvalue weighted by atomic mass is 19.1. The van der Waals surface area contributed by atoms with Crippen molar-refractivity contribution in [3.63, 3.8) is 0 Å². The van der Waals surface area contributed by atoms with E-state index in [1.54, 1.807) is 26.0 Å². The first-order chi connectivity index (χ1) is 13.2. The van der Waals surface area contributed by atoms with Crippen molar-refractivity contribution in [3.8, 4) is 23.0 Å². The quantitative estimate of drug-likeness (QED) is 0.618. The summed E-state index contributed by atoms with van der Waals surface area (Å²) < 4.78 is 44.6. The summed E-state index contributed by atoms with van der Waals surface area (Å²) in [5.74, 6) is -1.50. The summed E-state index contributed by atoms with van der Waals surface area (Å²) >= 11 is 0. The molecule has 3 rings (SSSR count). The van der Waals surface area contributed by atoms with Crippen molar-refractivity contribution in [2.45, 2.75) is 19.4 Å². The zero-order valence-electron chi connectivity index (χ0n) is 15.6. The van der Waals surface area contributed by atoms with Gasteiger partial charge >= 0.3 is 0 Å². The largest absolute Gasteiger partial charge is 0.493 e. The van der Waals surface area contributed by atoms with Crippen molar-refractivity contribution in [2.75, 3.05) is 19.5 Å². The smallest absolute Gasteiger partial charge is 0.198 e. The molecular weight excluding hydrogens is 370 g/mol. The zero-order valence-corrected chi connectivity index (χ0v) is 15.6. The molecule has 2 aromatic carbocycles. The molecule has 0 bridgehead atoms. The molecule has 148 valence electrons. The number of ether oxygens (including phenoxy) is 3. The molecule has 3 N–H and O–H groups in total. The Kier molecular flexibility index (Phi) is 5.24. The topological polar surface area (TPSA) is 86.8 Å². The van der Waals surface area contributed by atoms with Crippen LogP contribution in [-0.2, 0) is 0 Å². The predicted molar refractivity (Wildman–Crippen MR) is 101 cm³/mol. The Balaban J connectivity index is 2.03. The van der Waals surface area contributed by atoms with Gasteiger partial charge in [0.1, 0.15) is 12.4 Å². The minimum absolute atomic E-state index is 0.0346. The van der Waals surface area contributed by atoms with Crippen LogP contribution < -0.4 is 19.9 Å². The number of aromatic nitrogens is 1. The Morgan fingerprint density at radius 1 is 1.07 bits per heavy atom. The third-order valence-electron chi connectivity index (χ3n) is 3.80. The molecular formula is C20H20F2N2O4. The van der Waals surface area contributed by atoms with E-state index in [9.17, 15) is 13.9 Å². The van der Waals surface area contributed by atoms with Crippen LogP contribution in [0.4, 0.5) is 14.5 Å². The molecule has 0 radical (unpaired) electrons. The maximum absolute atomic E-state index is 14.1. The number of aliphatic hydroxyl groups is 1. The summed E-state index contributed by atoms with van der Waals surface area (Å²) in [5.41, 5.74) is 4.81. The van der Waals surface area contributed by atoms with Gasteiger partial charge in [-0.05, 0) is 26.0 Å². The van der Waals surface area contributed by atoms with Crippen LogP contribution in [0.3, 0.4) is 0 Å². The summed E-state index contributed by atoms with van der Waals surface area (Å²) in [6.45, 7) is 3.26. The fraction of sp³-hybridized carbons (Fsp3) is 0.250. The van der Waals surface area contributed by atoms with Crippen LogP contribution in [0.2, 0.25) is 0 Å². The molecule has 28 heavy (non-hydrogen) atoms. The first-order valence-electron chi connectivity index (χ1n) is 8.42. The van der Waals surface area contributed by atoms with Crippen LogP contribution in [0.1, 0.15) is 13.8 Å². The molecule has 0 amide bonds. The van der Waals surface area contributed by atoms with E-state index in [4.69, 9.17) is 19.9 Å². The van der Waals surface area contributed by atoms with E-state index in [-0.39, 0.29) is 18.0 Å². The summed E-state index contributed by atoms with van der Waals surface area (Å²) in [6.07, 6.45) is 1.44. The molecule has 3 aromatic rings. The predicted octanol–water partition coefficient (Wildman–Crippen LogP) is 4.05. The minimum Gasteiger partial charge on any atom is -0.493 e. The number of methoxy groups -OCH3 is 1. The van der Waals surface area contributed by atoms with Crippen LogP contribution in [0, 0.1) is 11.6 Å². The van der Waals surface area contributed by atoms with Gasteiger partial charge in [-0.1, -0.05) is 0 Å². The number of anilines is 1. The number of hydrogen-bond donors (Lipinski definition) is 2. The number of nitrogen functional groups attached to an aromatic ring is 1.